The van der Waals surface area contributed by atoms with Crippen LogP contribution in [0.1, 0.15) is 44.0 Å². The normalized spacial score (nSPS) is 14.5. The zero-order chi connectivity index (χ0) is 18.8. The fourth-order valence-corrected chi connectivity index (χ4v) is 2.05. The van der Waals surface area contributed by atoms with Crippen LogP contribution in [0.25, 0.3) is 0 Å². The predicted molar refractivity (Wildman–Crippen MR) is 87.6 cm³/mol. The molecule has 134 valence electrons. The largest absolute Gasteiger partial charge is 0.443 e. The standard InChI is InChI=1S/C17H20N2O6/c1-17(2,3)24-16(23)18(4)12-7-5-11(6-8-12)15(22)25-19-13(20)9-10-14(19)21/h5-8H,9-10H2,1-4H3. The van der Waals surface area contributed by atoms with Gasteiger partial charge in [0.25, 0.3) is 11.8 Å². The minimum atomic E-state index is -0.824. The van der Waals surface area contributed by atoms with Gasteiger partial charge in [-0.2, -0.15) is 0 Å². The Balaban J connectivity index is 2.04. The van der Waals surface area contributed by atoms with E-state index in [4.69, 9.17) is 9.57 Å². The Hall–Kier alpha value is -2.90. The van der Waals surface area contributed by atoms with E-state index in [2.05, 4.69) is 0 Å². The van der Waals surface area contributed by atoms with E-state index in [0.717, 1.165) is 0 Å². The van der Waals surface area contributed by atoms with E-state index in [1.165, 1.54) is 29.2 Å². The van der Waals surface area contributed by atoms with Crippen molar-refractivity contribution in [2.24, 2.45) is 0 Å². The van der Waals surface area contributed by atoms with Crippen LogP contribution in [0.2, 0.25) is 0 Å². The molecule has 1 aliphatic rings. The summed E-state index contributed by atoms with van der Waals surface area (Å²) in [5.74, 6) is -1.91. The Bertz CT molecular complexity index is 689. The summed E-state index contributed by atoms with van der Waals surface area (Å²) in [7, 11) is 1.54. The Morgan fingerprint density at radius 3 is 2.04 bits per heavy atom. The van der Waals surface area contributed by atoms with Crippen molar-refractivity contribution in [3.8, 4) is 0 Å². The van der Waals surface area contributed by atoms with Crippen molar-refractivity contribution in [3.63, 3.8) is 0 Å². The summed E-state index contributed by atoms with van der Waals surface area (Å²) in [6.07, 6.45) is -0.464. The Morgan fingerprint density at radius 2 is 1.56 bits per heavy atom. The molecule has 1 heterocycles. The molecule has 0 aromatic heterocycles. The summed E-state index contributed by atoms with van der Waals surface area (Å²) < 4.78 is 5.26. The van der Waals surface area contributed by atoms with Crippen LogP contribution in [0.4, 0.5) is 10.5 Å². The molecule has 1 aromatic carbocycles. The minimum Gasteiger partial charge on any atom is -0.443 e. The molecule has 0 saturated carbocycles. The SMILES string of the molecule is CN(C(=O)OC(C)(C)C)c1ccc(C(=O)ON2C(=O)CCC2=O)cc1. The maximum absolute atomic E-state index is 12.0. The number of carbonyl (C=O) groups excluding carboxylic acids is 4. The van der Waals surface area contributed by atoms with Gasteiger partial charge in [0.2, 0.25) is 0 Å². The van der Waals surface area contributed by atoms with Crippen LogP contribution in [-0.2, 0) is 19.2 Å². The van der Waals surface area contributed by atoms with Crippen molar-refractivity contribution in [3.05, 3.63) is 29.8 Å². The number of hydrogen-bond donors (Lipinski definition) is 0. The fraction of sp³-hybridized carbons (Fsp3) is 0.412. The van der Waals surface area contributed by atoms with Gasteiger partial charge in [0.15, 0.2) is 0 Å². The number of benzene rings is 1. The third kappa shape index (κ3) is 4.56. The van der Waals surface area contributed by atoms with Crippen LogP contribution < -0.4 is 4.90 Å². The summed E-state index contributed by atoms with van der Waals surface area (Å²) in [4.78, 5) is 53.1. The topological polar surface area (TPSA) is 93.2 Å². The third-order valence-electron chi connectivity index (χ3n) is 3.34. The molecule has 0 bridgehead atoms. The van der Waals surface area contributed by atoms with Crippen molar-refractivity contribution < 1.29 is 28.8 Å². The molecule has 0 aliphatic carbocycles. The van der Waals surface area contributed by atoms with Crippen molar-refractivity contribution >= 4 is 29.6 Å². The van der Waals surface area contributed by atoms with Crippen molar-refractivity contribution in [1.29, 1.82) is 0 Å². The van der Waals surface area contributed by atoms with E-state index >= 15 is 0 Å². The Kier molecular flexibility index (Phi) is 5.10. The van der Waals surface area contributed by atoms with Gasteiger partial charge in [0.05, 0.1) is 5.56 Å². The molecule has 0 N–H and O–H groups in total. The second kappa shape index (κ2) is 6.92. The van der Waals surface area contributed by atoms with Crippen LogP contribution in [0.5, 0.6) is 0 Å². The highest BCUT2D eigenvalue weighted by Gasteiger charge is 2.33. The van der Waals surface area contributed by atoms with Gasteiger partial charge in [0.1, 0.15) is 5.60 Å². The lowest BCUT2D eigenvalue weighted by Crippen LogP contribution is -2.34. The highest BCUT2D eigenvalue weighted by atomic mass is 16.7. The number of nitrogens with zero attached hydrogens (tertiary/aromatic N) is 2. The zero-order valence-electron chi connectivity index (χ0n) is 14.6. The monoisotopic (exact) mass is 348 g/mol. The van der Waals surface area contributed by atoms with E-state index in [1.807, 2.05) is 0 Å². The van der Waals surface area contributed by atoms with Crippen LogP contribution in [0.3, 0.4) is 0 Å². The lowest BCUT2D eigenvalue weighted by atomic mass is 10.2. The number of amides is 3. The summed E-state index contributed by atoms with van der Waals surface area (Å²) in [6, 6.07) is 5.94. The van der Waals surface area contributed by atoms with E-state index < -0.39 is 29.5 Å². The summed E-state index contributed by atoms with van der Waals surface area (Å²) >= 11 is 0. The van der Waals surface area contributed by atoms with Crippen LogP contribution in [-0.4, -0.2) is 41.6 Å². The van der Waals surface area contributed by atoms with Crippen LogP contribution in [0, 0.1) is 0 Å². The molecule has 1 aromatic rings. The lowest BCUT2D eigenvalue weighted by molar-refractivity contribution is -0.172. The predicted octanol–water partition coefficient (Wildman–Crippen LogP) is 2.28. The molecule has 25 heavy (non-hydrogen) atoms. The van der Waals surface area contributed by atoms with E-state index in [9.17, 15) is 19.2 Å². The summed E-state index contributed by atoms with van der Waals surface area (Å²) in [6.45, 7) is 5.29. The van der Waals surface area contributed by atoms with E-state index in [0.29, 0.717) is 10.8 Å². The van der Waals surface area contributed by atoms with E-state index in [1.54, 1.807) is 27.8 Å². The first-order valence-corrected chi connectivity index (χ1v) is 7.73. The molecule has 2 rings (SSSR count). The molecule has 0 radical (unpaired) electrons. The molecular weight excluding hydrogens is 328 g/mol. The number of carbonyl (C=O) groups is 4. The maximum atomic E-state index is 12.0. The van der Waals surface area contributed by atoms with Crippen LogP contribution >= 0.6 is 0 Å². The van der Waals surface area contributed by atoms with Gasteiger partial charge in [-0.25, -0.2) is 9.59 Å². The van der Waals surface area contributed by atoms with Gasteiger partial charge in [0, 0.05) is 25.6 Å². The third-order valence-corrected chi connectivity index (χ3v) is 3.34. The van der Waals surface area contributed by atoms with E-state index in [-0.39, 0.29) is 18.4 Å². The molecule has 1 saturated heterocycles. The van der Waals surface area contributed by atoms with Crippen molar-refractivity contribution in [2.45, 2.75) is 39.2 Å². The molecule has 0 spiro atoms. The molecule has 0 unspecified atom stereocenters. The minimum absolute atomic E-state index is 0.0335. The number of hydrogen-bond acceptors (Lipinski definition) is 6. The first kappa shape index (κ1) is 18.4. The molecular formula is C17H20N2O6. The quantitative estimate of drug-likeness (QED) is 0.778. The summed E-state index contributed by atoms with van der Waals surface area (Å²) in [5.41, 5.74) is 0.0390. The zero-order valence-corrected chi connectivity index (χ0v) is 14.6. The number of rotatable bonds is 3. The Morgan fingerprint density at radius 1 is 1.04 bits per heavy atom. The first-order valence-electron chi connectivity index (χ1n) is 7.73. The molecule has 3 amide bonds. The Labute approximate surface area is 145 Å². The second-order valence-corrected chi connectivity index (χ2v) is 6.55. The average molecular weight is 348 g/mol. The molecule has 8 nitrogen and oxygen atoms in total. The molecule has 1 aliphatic heterocycles. The smallest absolute Gasteiger partial charge is 0.414 e. The summed E-state index contributed by atoms with van der Waals surface area (Å²) in [5, 5.41) is 0.489. The van der Waals surface area contributed by atoms with Crippen LogP contribution in [0.15, 0.2) is 24.3 Å². The van der Waals surface area contributed by atoms with Gasteiger partial charge < -0.3 is 9.57 Å². The maximum Gasteiger partial charge on any atom is 0.414 e. The average Bonchev–Trinajstić information content (AvgIpc) is 2.84. The molecule has 0 atom stereocenters. The van der Waals surface area contributed by atoms with Crippen molar-refractivity contribution in [1.82, 2.24) is 5.06 Å². The molecule has 8 heteroatoms. The first-order chi connectivity index (χ1) is 11.6. The highest BCUT2D eigenvalue weighted by Crippen LogP contribution is 2.19. The van der Waals surface area contributed by atoms with Gasteiger partial charge in [-0.05, 0) is 45.0 Å². The number of hydroxylamine groups is 2. The number of anilines is 1. The fourth-order valence-electron chi connectivity index (χ4n) is 2.05. The van der Waals surface area contributed by atoms with Gasteiger partial charge in [-0.15, -0.1) is 5.06 Å². The second-order valence-electron chi connectivity index (χ2n) is 6.55. The van der Waals surface area contributed by atoms with Gasteiger partial charge >= 0.3 is 12.1 Å². The van der Waals surface area contributed by atoms with Crippen molar-refractivity contribution in [2.75, 3.05) is 11.9 Å². The number of ether oxygens (including phenoxy) is 1. The molecule has 1 fully saturated rings. The van der Waals surface area contributed by atoms with Gasteiger partial charge in [-0.1, -0.05) is 0 Å². The number of imide groups is 1. The highest BCUT2D eigenvalue weighted by molar-refractivity contribution is 6.02. The van der Waals surface area contributed by atoms with Gasteiger partial charge in [-0.3, -0.25) is 14.5 Å². The lowest BCUT2D eigenvalue weighted by Gasteiger charge is -2.24.